The molecule has 2 aromatic carbocycles. The summed E-state index contributed by atoms with van der Waals surface area (Å²) >= 11 is 0. The van der Waals surface area contributed by atoms with Gasteiger partial charge in [0.25, 0.3) is 5.91 Å². The fourth-order valence-corrected chi connectivity index (χ4v) is 5.20. The molecular formula is C33H40N4O8. The molecule has 12 heteroatoms. The summed E-state index contributed by atoms with van der Waals surface area (Å²) in [6.45, 7) is 5.06. The highest BCUT2D eigenvalue weighted by Gasteiger charge is 2.33. The third-order valence-electron chi connectivity index (χ3n) is 7.50. The summed E-state index contributed by atoms with van der Waals surface area (Å²) in [6.07, 6.45) is 3.34. The van der Waals surface area contributed by atoms with Crippen LogP contribution in [-0.4, -0.2) is 58.5 Å². The van der Waals surface area contributed by atoms with Crippen LogP contribution < -0.4 is 20.8 Å². The van der Waals surface area contributed by atoms with Crippen molar-refractivity contribution < 1.29 is 39.0 Å². The Morgan fingerprint density at radius 3 is 2.22 bits per heavy atom. The monoisotopic (exact) mass is 620 g/mol. The van der Waals surface area contributed by atoms with Crippen LogP contribution in [0.1, 0.15) is 86.2 Å². The number of anilines is 1. The third kappa shape index (κ3) is 8.34. The number of hydrogen-bond acceptors (Lipinski definition) is 8. The number of benzene rings is 2. The zero-order chi connectivity index (χ0) is 32.3. The van der Waals surface area contributed by atoms with Crippen molar-refractivity contribution in [2.45, 2.75) is 64.7 Å². The van der Waals surface area contributed by atoms with Gasteiger partial charge >= 0.3 is 6.16 Å². The minimum Gasteiger partial charge on any atom is -0.492 e. The third-order valence-corrected chi connectivity index (χ3v) is 7.50. The van der Waals surface area contributed by atoms with E-state index in [2.05, 4.69) is 16.0 Å². The molecule has 3 aromatic rings. The van der Waals surface area contributed by atoms with Gasteiger partial charge in [0.05, 0.1) is 0 Å². The molecule has 1 heterocycles. The van der Waals surface area contributed by atoms with Crippen molar-refractivity contribution in [1.82, 2.24) is 15.4 Å². The second-order valence-electron chi connectivity index (χ2n) is 10.8. The van der Waals surface area contributed by atoms with E-state index in [9.17, 15) is 29.4 Å². The van der Waals surface area contributed by atoms with Crippen LogP contribution in [0.25, 0.3) is 11.1 Å². The first-order valence-corrected chi connectivity index (χ1v) is 15.3. The van der Waals surface area contributed by atoms with E-state index in [1.807, 2.05) is 26.0 Å². The number of nitrogens with one attached hydrogen (secondary N) is 3. The van der Waals surface area contributed by atoms with Gasteiger partial charge in [-0.2, -0.15) is 0 Å². The van der Waals surface area contributed by atoms with Gasteiger partial charge < -0.3 is 30.9 Å². The summed E-state index contributed by atoms with van der Waals surface area (Å²) in [6, 6.07) is 13.0. The molecule has 0 saturated heterocycles. The molecule has 1 aromatic heterocycles. The van der Waals surface area contributed by atoms with Gasteiger partial charge in [0.15, 0.2) is 0 Å². The zero-order valence-electron chi connectivity index (χ0n) is 25.6. The number of carbonyl (C=O) groups excluding carboxylic acids is 4. The fraction of sp³-hybridized carbons (Fsp3) is 0.394. The van der Waals surface area contributed by atoms with E-state index >= 15 is 0 Å². The lowest BCUT2D eigenvalue weighted by Crippen LogP contribution is -2.25. The lowest BCUT2D eigenvalue weighted by atomic mass is 9.96. The van der Waals surface area contributed by atoms with Gasteiger partial charge in [-0.3, -0.25) is 19.2 Å². The minimum atomic E-state index is -1.16. The van der Waals surface area contributed by atoms with E-state index in [-0.39, 0.29) is 37.2 Å². The van der Waals surface area contributed by atoms with Crippen LogP contribution in [0.3, 0.4) is 0 Å². The number of ether oxygens (including phenoxy) is 1. The Morgan fingerprint density at radius 1 is 0.822 bits per heavy atom. The van der Waals surface area contributed by atoms with Crippen molar-refractivity contribution in [2.24, 2.45) is 0 Å². The van der Waals surface area contributed by atoms with Crippen LogP contribution in [0.5, 0.6) is 11.8 Å². The lowest BCUT2D eigenvalue weighted by molar-refractivity contribution is -0.121. The summed E-state index contributed by atoms with van der Waals surface area (Å²) in [5, 5.41) is 28.3. The summed E-state index contributed by atoms with van der Waals surface area (Å²) < 4.78 is 5.93. The topological polar surface area (TPSA) is 168 Å². The van der Waals surface area contributed by atoms with E-state index in [0.29, 0.717) is 41.1 Å². The molecule has 4 rings (SSSR count). The molecule has 240 valence electrons. The number of aromatic hydroxyl groups is 2. The number of fused-ring (bicyclic) bond motifs is 3. The number of unbranched alkanes of at least 4 members (excludes halogenated alkanes) is 2. The van der Waals surface area contributed by atoms with Gasteiger partial charge in [-0.1, -0.05) is 44.9 Å². The maximum Gasteiger partial charge on any atom is 0.534 e. The first-order chi connectivity index (χ1) is 21.7. The van der Waals surface area contributed by atoms with Gasteiger partial charge in [0.2, 0.25) is 23.6 Å². The maximum atomic E-state index is 13.2. The smallest absolute Gasteiger partial charge is 0.492 e. The number of carbonyl (C=O) groups is 4. The molecule has 3 amide bonds. The number of nitrogens with zero attached hydrogens (tertiary/aromatic N) is 1. The highest BCUT2D eigenvalue weighted by atomic mass is 16.8. The Balaban J connectivity index is 1.52. The lowest BCUT2D eigenvalue weighted by Gasteiger charge is -2.15. The normalized spacial score (nSPS) is 13.0. The molecule has 5 N–H and O–H groups in total. The van der Waals surface area contributed by atoms with Gasteiger partial charge in [0.1, 0.15) is 6.61 Å². The average molecular weight is 621 g/mol. The van der Waals surface area contributed by atoms with Gasteiger partial charge in [-0.05, 0) is 59.7 Å². The van der Waals surface area contributed by atoms with Crippen molar-refractivity contribution >= 4 is 29.6 Å². The predicted molar refractivity (Wildman–Crippen MR) is 167 cm³/mol. The largest absolute Gasteiger partial charge is 0.534 e. The SMILES string of the molecule is CCCCNC(=O)CCCC(=O)Nc1ccc2c(c1)C(COC(=O)On1c(O)ccc1O)c1cccc(C(=O)NCCCC)c1-2. The molecule has 0 radical (unpaired) electrons. The number of rotatable bonds is 15. The van der Waals surface area contributed by atoms with Gasteiger partial charge in [0, 0.05) is 55.2 Å². The number of amides is 3. The van der Waals surface area contributed by atoms with Crippen molar-refractivity contribution in [3.05, 3.63) is 65.2 Å². The highest BCUT2D eigenvalue weighted by Crippen LogP contribution is 2.47. The Hall–Kier alpha value is -5.00. The minimum absolute atomic E-state index is 0.0790. The Morgan fingerprint density at radius 2 is 1.51 bits per heavy atom. The van der Waals surface area contributed by atoms with Crippen molar-refractivity contribution in [3.8, 4) is 22.9 Å². The van der Waals surface area contributed by atoms with Crippen LogP contribution in [-0.2, 0) is 14.3 Å². The van der Waals surface area contributed by atoms with E-state index in [1.54, 1.807) is 24.3 Å². The van der Waals surface area contributed by atoms with E-state index < -0.39 is 23.8 Å². The van der Waals surface area contributed by atoms with Crippen molar-refractivity contribution in [1.29, 1.82) is 0 Å². The molecule has 0 bridgehead atoms. The predicted octanol–water partition coefficient (Wildman–Crippen LogP) is 4.83. The zero-order valence-corrected chi connectivity index (χ0v) is 25.6. The standard InChI is InChI=1S/C33H40N4O8/c1-3-5-17-34-27(38)11-8-12-28(39)36-21-13-14-23-25(19-21)26(20-44-33(43)45-37-29(40)15-16-30(37)41)22-9-7-10-24(31(22)23)32(42)35-18-6-4-2/h7,9-10,13-16,19,26,40-41H,3-6,8,11-12,17-18,20H2,1-2H3,(H,34,38)(H,35,42)(H,36,39). The van der Waals surface area contributed by atoms with Crippen LogP contribution in [0.4, 0.5) is 10.5 Å². The molecule has 1 aliphatic carbocycles. The van der Waals surface area contributed by atoms with E-state index in [4.69, 9.17) is 9.57 Å². The molecule has 0 spiro atoms. The Bertz CT molecular complexity index is 1510. The summed E-state index contributed by atoms with van der Waals surface area (Å²) in [7, 11) is 0. The summed E-state index contributed by atoms with van der Waals surface area (Å²) in [4.78, 5) is 55.3. The highest BCUT2D eigenvalue weighted by molar-refractivity contribution is 6.04. The molecule has 0 aliphatic heterocycles. The number of aromatic nitrogens is 1. The first kappa shape index (κ1) is 32.9. The van der Waals surface area contributed by atoms with Gasteiger partial charge in [-0.25, -0.2) is 4.79 Å². The first-order valence-electron chi connectivity index (χ1n) is 15.3. The van der Waals surface area contributed by atoms with Crippen molar-refractivity contribution in [3.63, 3.8) is 0 Å². The summed E-state index contributed by atoms with van der Waals surface area (Å²) in [5.74, 6) is -2.03. The second kappa shape index (κ2) is 15.6. The molecule has 1 aliphatic rings. The number of hydrogen-bond donors (Lipinski definition) is 5. The quantitative estimate of drug-likeness (QED) is 0.119. The Kier molecular flexibility index (Phi) is 11.4. The molecule has 12 nitrogen and oxygen atoms in total. The van der Waals surface area contributed by atoms with Crippen LogP contribution >= 0.6 is 0 Å². The Labute approximate surface area is 261 Å². The molecular weight excluding hydrogens is 580 g/mol. The van der Waals surface area contributed by atoms with E-state index in [0.717, 1.165) is 54.5 Å². The van der Waals surface area contributed by atoms with Crippen LogP contribution in [0.2, 0.25) is 0 Å². The maximum absolute atomic E-state index is 13.2. The molecule has 0 fully saturated rings. The molecule has 1 atom stereocenters. The van der Waals surface area contributed by atoms with Crippen LogP contribution in [0.15, 0.2) is 48.5 Å². The van der Waals surface area contributed by atoms with Crippen molar-refractivity contribution in [2.75, 3.05) is 25.0 Å². The van der Waals surface area contributed by atoms with E-state index in [1.165, 1.54) is 0 Å². The summed E-state index contributed by atoms with van der Waals surface area (Å²) in [5.41, 5.74) is 3.94. The molecule has 0 saturated carbocycles. The molecule has 1 unspecified atom stereocenters. The molecule has 45 heavy (non-hydrogen) atoms. The fourth-order valence-electron chi connectivity index (χ4n) is 5.20. The average Bonchev–Trinajstić information content (AvgIpc) is 3.51. The van der Waals surface area contributed by atoms with Crippen LogP contribution in [0, 0.1) is 0 Å². The van der Waals surface area contributed by atoms with Gasteiger partial charge in [-0.15, -0.1) is 4.73 Å². The second-order valence-corrected chi connectivity index (χ2v) is 10.8.